The molecule has 1 aliphatic rings. The fraction of sp³-hybridized carbons (Fsp3) is 0.300. The highest BCUT2D eigenvalue weighted by atomic mass is 16.6. The van der Waals surface area contributed by atoms with Gasteiger partial charge < -0.3 is 11.1 Å². The molecule has 0 spiro atoms. The van der Waals surface area contributed by atoms with Crippen molar-refractivity contribution in [3.8, 4) is 0 Å². The highest BCUT2D eigenvalue weighted by Crippen LogP contribution is 2.23. The van der Waals surface area contributed by atoms with Gasteiger partial charge in [-0.1, -0.05) is 0 Å². The van der Waals surface area contributed by atoms with Crippen molar-refractivity contribution < 1.29 is 4.92 Å². The minimum absolute atomic E-state index is 0.0819. The molecule has 0 radical (unpaired) electrons. The zero-order valence-electron chi connectivity index (χ0n) is 8.80. The second-order valence-corrected chi connectivity index (χ2v) is 3.77. The summed E-state index contributed by atoms with van der Waals surface area (Å²) in [5.41, 5.74) is 6.30. The SMILES string of the molecule is C[C@H]1CN=C(c2ccc(N)c([N+](=O)[O-])c2)N1. The second-order valence-electron chi connectivity index (χ2n) is 3.77. The van der Waals surface area contributed by atoms with Gasteiger partial charge in [0.2, 0.25) is 0 Å². The normalized spacial score (nSPS) is 19.1. The Morgan fingerprint density at radius 3 is 2.94 bits per heavy atom. The van der Waals surface area contributed by atoms with Gasteiger partial charge in [-0.05, 0) is 19.1 Å². The van der Waals surface area contributed by atoms with Crippen LogP contribution < -0.4 is 11.1 Å². The topological polar surface area (TPSA) is 93.5 Å². The summed E-state index contributed by atoms with van der Waals surface area (Å²) in [5, 5.41) is 13.9. The third-order valence-corrected chi connectivity index (χ3v) is 2.41. The molecule has 0 bridgehead atoms. The Kier molecular flexibility index (Phi) is 2.47. The predicted molar refractivity (Wildman–Crippen MR) is 61.5 cm³/mol. The predicted octanol–water partition coefficient (Wildman–Crippen LogP) is 0.915. The van der Waals surface area contributed by atoms with Gasteiger partial charge in [0, 0.05) is 17.7 Å². The molecular weight excluding hydrogens is 208 g/mol. The van der Waals surface area contributed by atoms with Crippen molar-refractivity contribution in [1.82, 2.24) is 5.32 Å². The highest BCUT2D eigenvalue weighted by molar-refractivity contribution is 6.01. The first-order chi connectivity index (χ1) is 7.58. The zero-order chi connectivity index (χ0) is 11.7. The van der Waals surface area contributed by atoms with E-state index in [1.807, 2.05) is 6.92 Å². The molecule has 16 heavy (non-hydrogen) atoms. The van der Waals surface area contributed by atoms with Crippen LogP contribution in [0.25, 0.3) is 0 Å². The van der Waals surface area contributed by atoms with Crippen LogP contribution in [0.4, 0.5) is 11.4 Å². The highest BCUT2D eigenvalue weighted by Gasteiger charge is 2.18. The van der Waals surface area contributed by atoms with Gasteiger partial charge in [-0.2, -0.15) is 0 Å². The Balaban J connectivity index is 2.37. The molecule has 0 aromatic heterocycles. The average molecular weight is 220 g/mol. The molecule has 1 aliphatic heterocycles. The summed E-state index contributed by atoms with van der Waals surface area (Å²) in [5.74, 6) is 0.690. The van der Waals surface area contributed by atoms with E-state index in [0.29, 0.717) is 17.9 Å². The number of hydrogen-bond donors (Lipinski definition) is 2. The van der Waals surface area contributed by atoms with Gasteiger partial charge >= 0.3 is 0 Å². The van der Waals surface area contributed by atoms with Crippen molar-refractivity contribution in [2.24, 2.45) is 4.99 Å². The molecule has 6 nitrogen and oxygen atoms in total. The monoisotopic (exact) mass is 220 g/mol. The molecule has 0 aliphatic carbocycles. The van der Waals surface area contributed by atoms with Gasteiger partial charge in [-0.15, -0.1) is 0 Å². The van der Waals surface area contributed by atoms with E-state index in [9.17, 15) is 10.1 Å². The molecule has 0 saturated carbocycles. The third-order valence-electron chi connectivity index (χ3n) is 2.41. The molecule has 0 fully saturated rings. The number of aliphatic imine (C=N–C) groups is 1. The van der Waals surface area contributed by atoms with E-state index in [1.165, 1.54) is 12.1 Å². The summed E-state index contributed by atoms with van der Waals surface area (Å²) >= 11 is 0. The van der Waals surface area contributed by atoms with Crippen LogP contribution in [0.15, 0.2) is 23.2 Å². The average Bonchev–Trinajstić information content (AvgIpc) is 2.65. The Hall–Kier alpha value is -2.11. The lowest BCUT2D eigenvalue weighted by Crippen LogP contribution is -2.27. The lowest BCUT2D eigenvalue weighted by atomic mass is 10.1. The van der Waals surface area contributed by atoms with Crippen molar-refractivity contribution in [3.05, 3.63) is 33.9 Å². The van der Waals surface area contributed by atoms with E-state index < -0.39 is 4.92 Å². The summed E-state index contributed by atoms with van der Waals surface area (Å²) in [6.07, 6.45) is 0. The minimum Gasteiger partial charge on any atom is -0.393 e. The number of nitro benzene ring substituents is 1. The molecule has 0 saturated heterocycles. The van der Waals surface area contributed by atoms with Crippen LogP contribution in [0.1, 0.15) is 12.5 Å². The number of nitrogens with two attached hydrogens (primary N) is 1. The first kappa shape index (κ1) is 10.4. The van der Waals surface area contributed by atoms with Crippen molar-refractivity contribution in [2.75, 3.05) is 12.3 Å². The van der Waals surface area contributed by atoms with Crippen LogP contribution in [-0.4, -0.2) is 23.3 Å². The second kappa shape index (κ2) is 3.80. The largest absolute Gasteiger partial charge is 0.393 e. The van der Waals surface area contributed by atoms with Crippen molar-refractivity contribution in [1.29, 1.82) is 0 Å². The summed E-state index contributed by atoms with van der Waals surface area (Å²) in [6, 6.07) is 4.97. The molecule has 1 atom stereocenters. The van der Waals surface area contributed by atoms with Gasteiger partial charge in [0.25, 0.3) is 5.69 Å². The molecular formula is C10H12N4O2. The van der Waals surface area contributed by atoms with E-state index >= 15 is 0 Å². The lowest BCUT2D eigenvalue weighted by Gasteiger charge is -2.06. The first-order valence-electron chi connectivity index (χ1n) is 4.93. The van der Waals surface area contributed by atoms with E-state index in [4.69, 9.17) is 5.73 Å². The molecule has 1 heterocycles. The van der Waals surface area contributed by atoms with Gasteiger partial charge in [0.05, 0.1) is 11.5 Å². The van der Waals surface area contributed by atoms with Crippen LogP contribution in [-0.2, 0) is 0 Å². The Morgan fingerprint density at radius 2 is 2.38 bits per heavy atom. The standard InChI is InChI=1S/C10H12N4O2/c1-6-5-12-10(13-6)7-2-3-8(11)9(4-7)14(15)16/h2-4,6H,5,11H2,1H3,(H,12,13)/t6-/m0/s1. The number of amidine groups is 1. The van der Waals surface area contributed by atoms with Gasteiger partial charge in [-0.3, -0.25) is 15.1 Å². The molecule has 1 aromatic carbocycles. The lowest BCUT2D eigenvalue weighted by molar-refractivity contribution is -0.383. The summed E-state index contributed by atoms with van der Waals surface area (Å²) in [7, 11) is 0. The van der Waals surface area contributed by atoms with Crippen LogP contribution in [0.3, 0.4) is 0 Å². The van der Waals surface area contributed by atoms with Gasteiger partial charge in [0.15, 0.2) is 0 Å². The van der Waals surface area contributed by atoms with Crippen LogP contribution in [0.2, 0.25) is 0 Å². The summed E-state index contributed by atoms with van der Waals surface area (Å²) < 4.78 is 0. The van der Waals surface area contributed by atoms with E-state index in [0.717, 1.165) is 0 Å². The van der Waals surface area contributed by atoms with E-state index in [1.54, 1.807) is 6.07 Å². The third kappa shape index (κ3) is 1.81. The summed E-state index contributed by atoms with van der Waals surface area (Å²) in [4.78, 5) is 14.5. The molecule has 1 aromatic rings. The first-order valence-corrected chi connectivity index (χ1v) is 4.93. The Morgan fingerprint density at radius 1 is 1.62 bits per heavy atom. The van der Waals surface area contributed by atoms with E-state index in [2.05, 4.69) is 10.3 Å². The molecule has 2 rings (SSSR count). The number of nitro groups is 1. The fourth-order valence-electron chi connectivity index (χ4n) is 1.58. The van der Waals surface area contributed by atoms with Crippen LogP contribution in [0.5, 0.6) is 0 Å². The molecule has 6 heteroatoms. The Bertz CT molecular complexity index is 470. The fourth-order valence-corrected chi connectivity index (χ4v) is 1.58. The number of nitrogen functional groups attached to an aromatic ring is 1. The Labute approximate surface area is 92.3 Å². The maximum Gasteiger partial charge on any atom is 0.292 e. The molecule has 0 amide bonds. The van der Waals surface area contributed by atoms with Crippen LogP contribution in [0, 0.1) is 10.1 Å². The quantitative estimate of drug-likeness (QED) is 0.440. The smallest absolute Gasteiger partial charge is 0.292 e. The maximum absolute atomic E-state index is 10.7. The number of nitrogens with one attached hydrogen (secondary N) is 1. The van der Waals surface area contributed by atoms with Gasteiger partial charge in [-0.25, -0.2) is 0 Å². The van der Waals surface area contributed by atoms with Gasteiger partial charge in [0.1, 0.15) is 11.5 Å². The number of nitrogens with zero attached hydrogens (tertiary/aromatic N) is 2. The molecule has 0 unspecified atom stereocenters. The van der Waals surface area contributed by atoms with Crippen molar-refractivity contribution >= 4 is 17.2 Å². The number of anilines is 1. The molecule has 84 valence electrons. The number of rotatable bonds is 2. The minimum atomic E-state index is -0.488. The number of hydrogen-bond acceptors (Lipinski definition) is 5. The van der Waals surface area contributed by atoms with E-state index in [-0.39, 0.29) is 17.4 Å². The van der Waals surface area contributed by atoms with Crippen molar-refractivity contribution in [2.45, 2.75) is 13.0 Å². The number of benzene rings is 1. The maximum atomic E-state index is 10.7. The zero-order valence-corrected chi connectivity index (χ0v) is 8.80. The van der Waals surface area contributed by atoms with Crippen LogP contribution >= 0.6 is 0 Å². The molecule has 3 N–H and O–H groups in total. The van der Waals surface area contributed by atoms with Crippen molar-refractivity contribution in [3.63, 3.8) is 0 Å². The summed E-state index contributed by atoms with van der Waals surface area (Å²) in [6.45, 7) is 2.69.